The summed E-state index contributed by atoms with van der Waals surface area (Å²) in [5, 5.41) is 9.42. The summed E-state index contributed by atoms with van der Waals surface area (Å²) in [5.74, 6) is -0.149. The van der Waals surface area contributed by atoms with Gasteiger partial charge in [0, 0.05) is 32.0 Å². The fourth-order valence-electron chi connectivity index (χ4n) is 3.99. The van der Waals surface area contributed by atoms with Gasteiger partial charge in [-0.25, -0.2) is 4.68 Å². The molecule has 0 radical (unpaired) electrons. The number of alkyl halides is 1. The topological polar surface area (TPSA) is 46.9 Å². The smallest absolute Gasteiger partial charge is 0.272 e. The number of halogens is 4. The van der Waals surface area contributed by atoms with Crippen LogP contribution in [0.3, 0.4) is 0 Å². The predicted molar refractivity (Wildman–Crippen MR) is 134 cm³/mol. The molecule has 1 N–H and O–H groups in total. The quantitative estimate of drug-likeness (QED) is 0.314. The van der Waals surface area contributed by atoms with Gasteiger partial charge >= 0.3 is 0 Å². The third-order valence-corrected chi connectivity index (χ3v) is 7.16. The van der Waals surface area contributed by atoms with E-state index in [0.29, 0.717) is 26.8 Å². The highest BCUT2D eigenvalue weighted by atomic mass is 79.9. The van der Waals surface area contributed by atoms with E-state index in [-0.39, 0.29) is 11.9 Å². The molecule has 162 valence electrons. The lowest BCUT2D eigenvalue weighted by molar-refractivity contribution is 0.0921. The van der Waals surface area contributed by atoms with Crippen LogP contribution in [0.15, 0.2) is 46.9 Å². The number of rotatable bonds is 5. The number of nitrogens with zero attached hydrogens (tertiary/aromatic N) is 2. The Bertz CT molecular complexity index is 1090. The standard InChI is InChI=1S/C23H21Br2Cl2N3O/c24-13-18-21(23(31)28-17-4-2-1-3-5-17)29-30(20-11-10-16(26)12-19(20)27)22(18)14-6-8-15(25)9-7-14/h6-12,17H,1-5,13H2,(H,28,31). The zero-order valence-electron chi connectivity index (χ0n) is 16.7. The maximum atomic E-state index is 13.2. The van der Waals surface area contributed by atoms with Crippen molar-refractivity contribution in [2.45, 2.75) is 43.5 Å². The van der Waals surface area contributed by atoms with Gasteiger partial charge in [-0.3, -0.25) is 4.79 Å². The lowest BCUT2D eigenvalue weighted by atomic mass is 9.95. The molecule has 1 fully saturated rings. The van der Waals surface area contributed by atoms with Gasteiger partial charge in [0.15, 0.2) is 5.69 Å². The molecule has 0 atom stereocenters. The Kier molecular flexibility index (Phi) is 7.42. The number of aromatic nitrogens is 2. The molecule has 0 aliphatic heterocycles. The molecule has 0 saturated heterocycles. The Morgan fingerprint density at radius 2 is 1.81 bits per heavy atom. The van der Waals surface area contributed by atoms with Crippen LogP contribution in [0.25, 0.3) is 16.9 Å². The lowest BCUT2D eigenvalue weighted by Crippen LogP contribution is -2.36. The molecule has 0 spiro atoms. The Hall–Kier alpha value is -1.34. The summed E-state index contributed by atoms with van der Waals surface area (Å²) in [4.78, 5) is 13.2. The van der Waals surface area contributed by atoms with Crippen molar-refractivity contribution in [2.75, 3.05) is 0 Å². The van der Waals surface area contributed by atoms with Crippen molar-refractivity contribution in [3.8, 4) is 16.9 Å². The first-order valence-electron chi connectivity index (χ1n) is 10.2. The van der Waals surface area contributed by atoms with E-state index in [1.165, 1.54) is 6.42 Å². The maximum Gasteiger partial charge on any atom is 0.272 e. The molecule has 3 aromatic rings. The summed E-state index contributed by atoms with van der Waals surface area (Å²) in [7, 11) is 0. The van der Waals surface area contributed by atoms with Gasteiger partial charge in [0.05, 0.1) is 16.4 Å². The van der Waals surface area contributed by atoms with Gasteiger partial charge in [-0.2, -0.15) is 5.10 Å². The van der Waals surface area contributed by atoms with Gasteiger partial charge in [-0.15, -0.1) is 0 Å². The number of hydrogen-bond donors (Lipinski definition) is 1. The molecule has 1 aromatic heterocycles. The third-order valence-electron chi connectivity index (χ3n) is 5.53. The Balaban J connectivity index is 1.84. The summed E-state index contributed by atoms with van der Waals surface area (Å²) in [5.41, 5.74) is 3.66. The SMILES string of the molecule is O=C(NC1CCCCC1)c1nn(-c2ccc(Cl)cc2Cl)c(-c2ccc(Br)cc2)c1CBr. The average molecular weight is 586 g/mol. The van der Waals surface area contributed by atoms with Crippen LogP contribution in [0.1, 0.15) is 48.2 Å². The molecule has 2 aromatic carbocycles. The van der Waals surface area contributed by atoms with Crippen molar-refractivity contribution >= 4 is 61.0 Å². The highest BCUT2D eigenvalue weighted by Gasteiger charge is 2.27. The predicted octanol–water partition coefficient (Wildman–Crippen LogP) is 7.57. The Morgan fingerprint density at radius 1 is 1.10 bits per heavy atom. The summed E-state index contributed by atoms with van der Waals surface area (Å²) < 4.78 is 2.72. The minimum atomic E-state index is -0.149. The molecule has 1 heterocycles. The van der Waals surface area contributed by atoms with E-state index in [4.69, 9.17) is 28.3 Å². The molecule has 1 aliphatic carbocycles. The number of carbonyl (C=O) groups excluding carboxylic acids is 1. The van der Waals surface area contributed by atoms with Gasteiger partial charge in [0.2, 0.25) is 0 Å². The van der Waals surface area contributed by atoms with Crippen molar-refractivity contribution in [3.63, 3.8) is 0 Å². The second-order valence-electron chi connectivity index (χ2n) is 7.63. The fraction of sp³-hybridized carbons (Fsp3) is 0.304. The molecule has 0 unspecified atom stereocenters. The minimum Gasteiger partial charge on any atom is -0.348 e. The molecule has 31 heavy (non-hydrogen) atoms. The molecule has 1 amide bonds. The monoisotopic (exact) mass is 583 g/mol. The molecule has 0 bridgehead atoms. The Morgan fingerprint density at radius 3 is 2.45 bits per heavy atom. The number of amides is 1. The van der Waals surface area contributed by atoms with Gasteiger partial charge in [0.25, 0.3) is 5.91 Å². The van der Waals surface area contributed by atoms with E-state index >= 15 is 0 Å². The van der Waals surface area contributed by atoms with Crippen LogP contribution in [-0.4, -0.2) is 21.7 Å². The molecule has 8 heteroatoms. The first-order valence-corrected chi connectivity index (χ1v) is 12.8. The van der Waals surface area contributed by atoms with Crippen LogP contribution in [-0.2, 0) is 5.33 Å². The zero-order valence-corrected chi connectivity index (χ0v) is 21.4. The number of hydrogen-bond acceptors (Lipinski definition) is 2. The van der Waals surface area contributed by atoms with E-state index < -0.39 is 0 Å². The second-order valence-corrected chi connectivity index (χ2v) is 9.95. The van der Waals surface area contributed by atoms with Crippen LogP contribution in [0.4, 0.5) is 0 Å². The maximum absolute atomic E-state index is 13.2. The summed E-state index contributed by atoms with van der Waals surface area (Å²) in [6, 6.07) is 13.4. The summed E-state index contributed by atoms with van der Waals surface area (Å²) in [6.45, 7) is 0. The van der Waals surface area contributed by atoms with Gasteiger partial charge in [-0.1, -0.05) is 86.5 Å². The van der Waals surface area contributed by atoms with Crippen molar-refractivity contribution in [2.24, 2.45) is 0 Å². The van der Waals surface area contributed by atoms with Crippen LogP contribution < -0.4 is 5.32 Å². The average Bonchev–Trinajstić information content (AvgIpc) is 3.14. The Labute approximate surface area is 208 Å². The van der Waals surface area contributed by atoms with Crippen LogP contribution in [0.5, 0.6) is 0 Å². The van der Waals surface area contributed by atoms with Gasteiger partial charge in [-0.05, 0) is 43.2 Å². The summed E-state index contributed by atoms with van der Waals surface area (Å²) >= 11 is 19.7. The van der Waals surface area contributed by atoms with E-state index in [2.05, 4.69) is 37.2 Å². The van der Waals surface area contributed by atoms with Crippen LogP contribution >= 0.6 is 55.1 Å². The lowest BCUT2D eigenvalue weighted by Gasteiger charge is -2.22. The van der Waals surface area contributed by atoms with E-state index in [1.54, 1.807) is 16.8 Å². The van der Waals surface area contributed by atoms with Gasteiger partial charge < -0.3 is 5.32 Å². The second kappa shape index (κ2) is 10.1. The molecule has 4 rings (SSSR count). The molecular formula is C23H21Br2Cl2N3O. The fourth-order valence-corrected chi connectivity index (χ4v) is 5.28. The van der Waals surface area contributed by atoms with E-state index in [9.17, 15) is 4.79 Å². The first-order chi connectivity index (χ1) is 15.0. The first kappa shape index (κ1) is 22.8. The molecule has 4 nitrogen and oxygen atoms in total. The molecule has 1 saturated carbocycles. The van der Waals surface area contributed by atoms with Crippen LogP contribution in [0, 0.1) is 0 Å². The molecule has 1 aliphatic rings. The number of carbonyl (C=O) groups is 1. The summed E-state index contributed by atoms with van der Waals surface area (Å²) in [6.07, 6.45) is 5.55. The normalized spacial score (nSPS) is 14.6. The van der Waals surface area contributed by atoms with E-state index in [1.807, 2.05) is 30.3 Å². The van der Waals surface area contributed by atoms with Crippen molar-refractivity contribution in [3.05, 3.63) is 68.2 Å². The van der Waals surface area contributed by atoms with Crippen molar-refractivity contribution in [1.29, 1.82) is 0 Å². The van der Waals surface area contributed by atoms with Crippen molar-refractivity contribution in [1.82, 2.24) is 15.1 Å². The largest absolute Gasteiger partial charge is 0.348 e. The van der Waals surface area contributed by atoms with Crippen LogP contribution in [0.2, 0.25) is 10.0 Å². The highest BCUT2D eigenvalue weighted by Crippen LogP contribution is 2.35. The minimum absolute atomic E-state index is 0.149. The van der Waals surface area contributed by atoms with E-state index in [0.717, 1.165) is 47.0 Å². The van der Waals surface area contributed by atoms with Crippen molar-refractivity contribution < 1.29 is 4.79 Å². The number of nitrogens with one attached hydrogen (secondary N) is 1. The molecular weight excluding hydrogens is 565 g/mol. The van der Waals surface area contributed by atoms with Gasteiger partial charge in [0.1, 0.15) is 0 Å². The third kappa shape index (κ3) is 5.03. The zero-order chi connectivity index (χ0) is 22.0. The highest BCUT2D eigenvalue weighted by molar-refractivity contribution is 9.10. The number of benzene rings is 2.